The van der Waals surface area contributed by atoms with Gasteiger partial charge in [-0.25, -0.2) is 8.78 Å². The van der Waals surface area contributed by atoms with Gasteiger partial charge in [0.2, 0.25) is 0 Å². The second-order valence-corrected chi connectivity index (χ2v) is 8.89. The minimum Gasteiger partial charge on any atom is -0.338 e. The average molecular weight is 442 g/mol. The van der Waals surface area contributed by atoms with Gasteiger partial charge in [-0.1, -0.05) is 6.07 Å². The molecule has 2 aliphatic rings. The lowest BCUT2D eigenvalue weighted by Gasteiger charge is -2.35. The van der Waals surface area contributed by atoms with Crippen molar-refractivity contribution >= 4 is 11.8 Å². The first-order valence-electron chi connectivity index (χ1n) is 11.4. The Kier molecular flexibility index (Phi) is 6.53. The fourth-order valence-corrected chi connectivity index (χ4v) is 4.84. The second-order valence-electron chi connectivity index (χ2n) is 8.89. The molecule has 2 amide bonds. The maximum atomic E-state index is 14.1. The molecule has 170 valence electrons. The zero-order valence-electron chi connectivity index (χ0n) is 18.6. The predicted molar refractivity (Wildman–Crippen MR) is 118 cm³/mol. The predicted octanol–water partition coefficient (Wildman–Crippen LogP) is 4.70. The molecule has 0 N–H and O–H groups in total. The van der Waals surface area contributed by atoms with Gasteiger partial charge in [0.1, 0.15) is 17.2 Å². The lowest BCUT2D eigenvalue weighted by Crippen LogP contribution is -2.43. The van der Waals surface area contributed by atoms with Crippen LogP contribution in [0.3, 0.4) is 0 Å². The first-order chi connectivity index (χ1) is 15.4. The summed E-state index contributed by atoms with van der Waals surface area (Å²) >= 11 is 0. The van der Waals surface area contributed by atoms with Gasteiger partial charge < -0.3 is 9.80 Å². The van der Waals surface area contributed by atoms with Gasteiger partial charge in [-0.05, 0) is 70.2 Å². The first kappa shape index (κ1) is 22.4. The third-order valence-corrected chi connectivity index (χ3v) is 6.70. The fourth-order valence-electron chi connectivity index (χ4n) is 4.84. The number of pyridine rings is 1. The van der Waals surface area contributed by atoms with Gasteiger partial charge in [-0.3, -0.25) is 14.6 Å². The number of halogens is 2. The van der Waals surface area contributed by atoms with E-state index in [2.05, 4.69) is 6.92 Å². The zero-order valence-corrected chi connectivity index (χ0v) is 18.6. The maximum Gasteiger partial charge on any atom is 0.259 e. The quantitative estimate of drug-likeness (QED) is 0.694. The van der Waals surface area contributed by atoms with Crippen LogP contribution >= 0.6 is 0 Å². The zero-order chi connectivity index (χ0) is 22.8. The smallest absolute Gasteiger partial charge is 0.259 e. The van der Waals surface area contributed by atoms with Crippen LogP contribution in [-0.4, -0.2) is 52.3 Å². The fraction of sp³-hybridized carbons (Fsp3) is 0.480. The van der Waals surface area contributed by atoms with Crippen LogP contribution in [0.1, 0.15) is 77.0 Å². The van der Waals surface area contributed by atoms with Crippen LogP contribution in [0, 0.1) is 18.6 Å². The van der Waals surface area contributed by atoms with Gasteiger partial charge in [0.25, 0.3) is 11.8 Å². The summed E-state index contributed by atoms with van der Waals surface area (Å²) in [6.07, 6.45) is 4.34. The lowest BCUT2D eigenvalue weighted by atomic mass is 9.89. The van der Waals surface area contributed by atoms with Gasteiger partial charge in [0, 0.05) is 37.3 Å². The number of hydrogen-bond donors (Lipinski definition) is 0. The van der Waals surface area contributed by atoms with E-state index in [1.165, 1.54) is 11.0 Å². The minimum atomic E-state index is -0.846. The molecular weight excluding hydrogens is 412 g/mol. The summed E-state index contributed by atoms with van der Waals surface area (Å²) in [6, 6.07) is 7.39. The van der Waals surface area contributed by atoms with Crippen molar-refractivity contribution in [3.8, 4) is 0 Å². The number of rotatable bonds is 3. The molecule has 32 heavy (non-hydrogen) atoms. The normalized spacial score (nSPS) is 19.8. The second kappa shape index (κ2) is 9.35. The molecular formula is C25H29F2N3O2. The van der Waals surface area contributed by atoms with Crippen molar-refractivity contribution in [1.82, 2.24) is 14.8 Å². The molecule has 0 unspecified atom stereocenters. The molecule has 2 aliphatic heterocycles. The highest BCUT2D eigenvalue weighted by Gasteiger charge is 2.32. The Hall–Kier alpha value is -2.83. The molecule has 7 heteroatoms. The van der Waals surface area contributed by atoms with Gasteiger partial charge in [0.05, 0.1) is 11.3 Å². The number of aryl methyl sites for hydroxylation is 1. The molecule has 0 aliphatic carbocycles. The van der Waals surface area contributed by atoms with E-state index >= 15 is 0 Å². The SMILES string of the molecule is Cc1ccc(C(=O)N2CCCC[C@@H]2C)c(C2CCN(C(=O)c3c(F)cccc3F)CC2)n1. The highest BCUT2D eigenvalue weighted by Crippen LogP contribution is 2.32. The summed E-state index contributed by atoms with van der Waals surface area (Å²) in [5, 5.41) is 0. The van der Waals surface area contributed by atoms with E-state index < -0.39 is 23.1 Å². The largest absolute Gasteiger partial charge is 0.338 e. The van der Waals surface area contributed by atoms with Crippen molar-refractivity contribution in [2.75, 3.05) is 19.6 Å². The number of piperidine rings is 2. The Morgan fingerprint density at radius 2 is 1.62 bits per heavy atom. The molecule has 2 fully saturated rings. The summed E-state index contributed by atoms with van der Waals surface area (Å²) in [6.45, 7) is 5.47. The summed E-state index contributed by atoms with van der Waals surface area (Å²) in [4.78, 5) is 34.2. The summed E-state index contributed by atoms with van der Waals surface area (Å²) in [7, 11) is 0. The van der Waals surface area contributed by atoms with Crippen LogP contribution in [0.2, 0.25) is 0 Å². The Labute approximate surface area is 187 Å². The molecule has 2 saturated heterocycles. The summed E-state index contributed by atoms with van der Waals surface area (Å²) < 4.78 is 28.1. The van der Waals surface area contributed by atoms with Crippen LogP contribution in [-0.2, 0) is 0 Å². The van der Waals surface area contributed by atoms with Crippen LogP contribution in [0.25, 0.3) is 0 Å². The molecule has 4 rings (SSSR count). The number of carbonyl (C=O) groups is 2. The number of hydrogen-bond acceptors (Lipinski definition) is 3. The van der Waals surface area contributed by atoms with Gasteiger partial charge >= 0.3 is 0 Å². The van der Waals surface area contributed by atoms with E-state index in [0.717, 1.165) is 49.3 Å². The Morgan fingerprint density at radius 3 is 2.28 bits per heavy atom. The standard InChI is InChI=1S/C25H29F2N3O2/c1-16-9-10-19(24(31)30-13-4-3-6-17(30)2)23(28-16)18-11-14-29(15-12-18)25(32)22-20(26)7-5-8-21(22)27/h5,7-10,17-18H,3-4,6,11-15H2,1-2H3/t17-/m0/s1. The van der Waals surface area contributed by atoms with Gasteiger partial charge in [-0.2, -0.15) is 0 Å². The van der Waals surface area contributed by atoms with E-state index in [1.807, 2.05) is 24.0 Å². The van der Waals surface area contributed by atoms with Crippen LogP contribution < -0.4 is 0 Å². The Balaban J connectivity index is 1.52. The van der Waals surface area contributed by atoms with Crippen molar-refractivity contribution in [3.63, 3.8) is 0 Å². The van der Waals surface area contributed by atoms with Crippen molar-refractivity contribution in [2.45, 2.75) is 57.9 Å². The van der Waals surface area contributed by atoms with Gasteiger partial charge in [-0.15, -0.1) is 0 Å². The van der Waals surface area contributed by atoms with Crippen LogP contribution in [0.4, 0.5) is 8.78 Å². The summed E-state index contributed by atoms with van der Waals surface area (Å²) in [5.41, 5.74) is 1.75. The molecule has 0 radical (unpaired) electrons. The molecule has 1 atom stereocenters. The van der Waals surface area contributed by atoms with E-state index in [-0.39, 0.29) is 17.9 Å². The molecule has 5 nitrogen and oxygen atoms in total. The molecule has 1 aromatic carbocycles. The number of aromatic nitrogens is 1. The Morgan fingerprint density at radius 1 is 0.938 bits per heavy atom. The Bertz CT molecular complexity index is 998. The topological polar surface area (TPSA) is 53.5 Å². The molecule has 1 aromatic heterocycles. The van der Waals surface area contributed by atoms with E-state index in [4.69, 9.17) is 4.98 Å². The van der Waals surface area contributed by atoms with Gasteiger partial charge in [0.15, 0.2) is 0 Å². The number of amides is 2. The van der Waals surface area contributed by atoms with E-state index in [1.54, 1.807) is 0 Å². The third kappa shape index (κ3) is 4.38. The minimum absolute atomic E-state index is 0.0171. The summed E-state index contributed by atoms with van der Waals surface area (Å²) in [5.74, 6) is -2.29. The van der Waals surface area contributed by atoms with Crippen LogP contribution in [0.5, 0.6) is 0 Å². The monoisotopic (exact) mass is 441 g/mol. The highest BCUT2D eigenvalue weighted by atomic mass is 19.1. The molecule has 0 spiro atoms. The van der Waals surface area contributed by atoms with Crippen molar-refractivity contribution in [1.29, 1.82) is 0 Å². The highest BCUT2D eigenvalue weighted by molar-refractivity contribution is 5.96. The van der Waals surface area contributed by atoms with Crippen molar-refractivity contribution < 1.29 is 18.4 Å². The van der Waals surface area contributed by atoms with Crippen molar-refractivity contribution in [2.24, 2.45) is 0 Å². The lowest BCUT2D eigenvalue weighted by molar-refractivity contribution is 0.0627. The van der Waals surface area contributed by atoms with E-state index in [9.17, 15) is 18.4 Å². The number of likely N-dealkylation sites (tertiary alicyclic amines) is 2. The van der Waals surface area contributed by atoms with Crippen LogP contribution in [0.15, 0.2) is 30.3 Å². The molecule has 2 aromatic rings. The molecule has 0 saturated carbocycles. The first-order valence-corrected chi connectivity index (χ1v) is 11.4. The number of carbonyl (C=O) groups excluding carboxylic acids is 2. The average Bonchev–Trinajstić information content (AvgIpc) is 2.79. The molecule has 0 bridgehead atoms. The maximum absolute atomic E-state index is 14.1. The van der Waals surface area contributed by atoms with E-state index in [0.29, 0.717) is 31.5 Å². The number of nitrogens with zero attached hydrogens (tertiary/aromatic N) is 3. The third-order valence-electron chi connectivity index (χ3n) is 6.70. The van der Waals surface area contributed by atoms with Crippen molar-refractivity contribution in [3.05, 3.63) is 64.5 Å². The number of benzene rings is 1. The molecule has 3 heterocycles.